The molecule has 2 heterocycles. The molecule has 0 saturated carbocycles. The maximum atomic E-state index is 13.3. The third kappa shape index (κ3) is 4.83. The molecule has 6 heteroatoms. The van der Waals surface area contributed by atoms with Gasteiger partial charge in [-0.2, -0.15) is 0 Å². The lowest BCUT2D eigenvalue weighted by Crippen LogP contribution is -2.29. The number of benzene rings is 3. The first kappa shape index (κ1) is 22.8. The number of fused-ring (bicyclic) bond motifs is 1. The minimum atomic E-state index is -0.353. The molecule has 3 aromatic carbocycles. The second-order valence-electron chi connectivity index (χ2n) is 9.41. The maximum Gasteiger partial charge on any atom is 0.270 e. The van der Waals surface area contributed by atoms with Crippen LogP contribution in [0.3, 0.4) is 0 Å². The molecule has 0 aliphatic carbocycles. The summed E-state index contributed by atoms with van der Waals surface area (Å²) in [6.07, 6.45) is 4.52. The standard InChI is InChI=1S/C29H29N3O3/c1-21-9-11-23(12-10-21)25(18-29(33)30-15-5-6-16-30)27-20-31(19-22-7-3-2-4-8-22)28-14-13-24(32(34)35)17-26(27)28/h2-4,7-14,17,20,25H,5-6,15-16,18-19H2,1H3/t25-/m0/s1. The highest BCUT2D eigenvalue weighted by Gasteiger charge is 2.27. The van der Waals surface area contributed by atoms with E-state index in [1.165, 1.54) is 0 Å². The summed E-state index contributed by atoms with van der Waals surface area (Å²) in [7, 11) is 0. The number of likely N-dealkylation sites (tertiary alicyclic amines) is 1. The van der Waals surface area contributed by atoms with E-state index in [4.69, 9.17) is 0 Å². The molecule has 1 aromatic heterocycles. The lowest BCUT2D eigenvalue weighted by molar-refractivity contribution is -0.384. The Morgan fingerprint density at radius 1 is 1.00 bits per heavy atom. The summed E-state index contributed by atoms with van der Waals surface area (Å²) < 4.78 is 2.14. The summed E-state index contributed by atoms with van der Waals surface area (Å²) in [6.45, 7) is 4.31. The van der Waals surface area contributed by atoms with Crippen LogP contribution in [0.4, 0.5) is 5.69 Å². The van der Waals surface area contributed by atoms with Crippen LogP contribution in [0.15, 0.2) is 79.0 Å². The Labute approximate surface area is 204 Å². The Hall–Kier alpha value is -3.93. The Morgan fingerprint density at radius 3 is 2.40 bits per heavy atom. The average molecular weight is 468 g/mol. The number of rotatable bonds is 7. The molecule has 1 aliphatic heterocycles. The molecule has 1 amide bonds. The fourth-order valence-electron chi connectivity index (χ4n) is 5.09. The van der Waals surface area contributed by atoms with Gasteiger partial charge in [-0.15, -0.1) is 0 Å². The highest BCUT2D eigenvalue weighted by Crippen LogP contribution is 2.37. The molecule has 1 atom stereocenters. The van der Waals surface area contributed by atoms with Crippen LogP contribution in [0.2, 0.25) is 0 Å². The van der Waals surface area contributed by atoms with E-state index in [-0.39, 0.29) is 22.4 Å². The molecule has 5 rings (SSSR count). The normalized spacial score (nSPS) is 14.4. The summed E-state index contributed by atoms with van der Waals surface area (Å²) in [4.78, 5) is 26.5. The van der Waals surface area contributed by atoms with Crippen molar-refractivity contribution in [2.45, 2.75) is 38.6 Å². The van der Waals surface area contributed by atoms with Gasteiger partial charge in [0.15, 0.2) is 0 Å². The van der Waals surface area contributed by atoms with Gasteiger partial charge in [-0.05, 0) is 42.5 Å². The van der Waals surface area contributed by atoms with E-state index in [1.807, 2.05) is 36.1 Å². The second-order valence-corrected chi connectivity index (χ2v) is 9.41. The number of nitro groups is 1. The van der Waals surface area contributed by atoms with E-state index in [1.54, 1.807) is 12.1 Å². The molecular formula is C29H29N3O3. The van der Waals surface area contributed by atoms with Crippen molar-refractivity contribution < 1.29 is 9.72 Å². The molecule has 0 N–H and O–H groups in total. The van der Waals surface area contributed by atoms with E-state index in [0.29, 0.717) is 13.0 Å². The van der Waals surface area contributed by atoms with Crippen molar-refractivity contribution in [3.8, 4) is 0 Å². The number of carbonyl (C=O) groups excluding carboxylic acids is 1. The van der Waals surface area contributed by atoms with Gasteiger partial charge in [0.1, 0.15) is 0 Å². The van der Waals surface area contributed by atoms with Crippen LogP contribution in [0.1, 0.15) is 47.4 Å². The number of hydrogen-bond acceptors (Lipinski definition) is 3. The van der Waals surface area contributed by atoms with Crippen molar-refractivity contribution in [3.63, 3.8) is 0 Å². The SMILES string of the molecule is Cc1ccc([C@H](CC(=O)N2CCCC2)c2cn(Cc3ccccc3)c3ccc([N+](=O)[O-])cc23)cc1. The van der Waals surface area contributed by atoms with E-state index in [2.05, 4.69) is 47.2 Å². The van der Waals surface area contributed by atoms with Crippen molar-refractivity contribution in [3.05, 3.63) is 111 Å². The van der Waals surface area contributed by atoms with Crippen LogP contribution >= 0.6 is 0 Å². The minimum absolute atomic E-state index is 0.0599. The molecular weight excluding hydrogens is 438 g/mol. The molecule has 0 spiro atoms. The largest absolute Gasteiger partial charge is 0.343 e. The first-order valence-electron chi connectivity index (χ1n) is 12.1. The Balaban J connectivity index is 1.64. The quantitative estimate of drug-likeness (QED) is 0.245. The van der Waals surface area contributed by atoms with Crippen LogP contribution in [-0.2, 0) is 11.3 Å². The lowest BCUT2D eigenvalue weighted by atomic mass is 9.87. The van der Waals surface area contributed by atoms with Crippen molar-refractivity contribution in [1.82, 2.24) is 9.47 Å². The monoisotopic (exact) mass is 467 g/mol. The molecule has 0 unspecified atom stereocenters. The number of aromatic nitrogens is 1. The lowest BCUT2D eigenvalue weighted by Gasteiger charge is -2.21. The Kier molecular flexibility index (Phi) is 6.36. The molecule has 35 heavy (non-hydrogen) atoms. The highest BCUT2D eigenvalue weighted by atomic mass is 16.6. The van der Waals surface area contributed by atoms with Gasteiger partial charge in [0.25, 0.3) is 5.69 Å². The number of nitro benzene ring substituents is 1. The molecule has 1 saturated heterocycles. The van der Waals surface area contributed by atoms with Gasteiger partial charge in [0, 0.05) is 61.2 Å². The second kappa shape index (κ2) is 9.74. The van der Waals surface area contributed by atoms with Gasteiger partial charge in [-0.1, -0.05) is 60.2 Å². The Bertz CT molecular complexity index is 1350. The Morgan fingerprint density at radius 2 is 1.71 bits per heavy atom. The average Bonchev–Trinajstić information content (AvgIpc) is 3.52. The summed E-state index contributed by atoms with van der Waals surface area (Å²) in [6, 6.07) is 23.5. The number of nitrogens with zero attached hydrogens (tertiary/aromatic N) is 3. The van der Waals surface area contributed by atoms with Gasteiger partial charge < -0.3 is 9.47 Å². The molecule has 4 aromatic rings. The summed E-state index contributed by atoms with van der Waals surface area (Å²) >= 11 is 0. The minimum Gasteiger partial charge on any atom is -0.343 e. The molecule has 1 fully saturated rings. The van der Waals surface area contributed by atoms with Crippen molar-refractivity contribution >= 4 is 22.5 Å². The predicted molar refractivity (Wildman–Crippen MR) is 138 cm³/mol. The first-order chi connectivity index (χ1) is 17.0. The van der Waals surface area contributed by atoms with Gasteiger partial charge in [-0.3, -0.25) is 14.9 Å². The third-order valence-electron chi connectivity index (χ3n) is 6.99. The van der Waals surface area contributed by atoms with E-state index >= 15 is 0 Å². The van der Waals surface area contributed by atoms with Gasteiger partial charge in [0.2, 0.25) is 5.91 Å². The van der Waals surface area contributed by atoms with Gasteiger partial charge in [0.05, 0.1) is 4.92 Å². The summed E-state index contributed by atoms with van der Waals surface area (Å²) in [5, 5.41) is 12.4. The highest BCUT2D eigenvalue weighted by molar-refractivity contribution is 5.88. The zero-order chi connectivity index (χ0) is 24.4. The number of amides is 1. The number of carbonyl (C=O) groups is 1. The molecule has 1 aliphatic rings. The maximum absolute atomic E-state index is 13.3. The molecule has 178 valence electrons. The third-order valence-corrected chi connectivity index (χ3v) is 6.99. The number of non-ortho nitro benzene ring substituents is 1. The summed E-state index contributed by atoms with van der Waals surface area (Å²) in [5.41, 5.74) is 5.30. The van der Waals surface area contributed by atoms with Gasteiger partial charge >= 0.3 is 0 Å². The smallest absolute Gasteiger partial charge is 0.270 e. The zero-order valence-electron chi connectivity index (χ0n) is 19.9. The van der Waals surface area contributed by atoms with Crippen LogP contribution in [0.25, 0.3) is 10.9 Å². The van der Waals surface area contributed by atoms with Crippen molar-refractivity contribution in [2.24, 2.45) is 0 Å². The van der Waals surface area contributed by atoms with Crippen LogP contribution in [0.5, 0.6) is 0 Å². The zero-order valence-corrected chi connectivity index (χ0v) is 19.9. The van der Waals surface area contributed by atoms with Crippen LogP contribution in [0, 0.1) is 17.0 Å². The van der Waals surface area contributed by atoms with Crippen LogP contribution < -0.4 is 0 Å². The van der Waals surface area contributed by atoms with Crippen LogP contribution in [-0.4, -0.2) is 33.4 Å². The van der Waals surface area contributed by atoms with Crippen molar-refractivity contribution in [1.29, 1.82) is 0 Å². The number of aryl methyl sites for hydroxylation is 1. The van der Waals surface area contributed by atoms with Crippen molar-refractivity contribution in [2.75, 3.05) is 13.1 Å². The van der Waals surface area contributed by atoms with Gasteiger partial charge in [-0.25, -0.2) is 0 Å². The molecule has 0 bridgehead atoms. The fraction of sp³-hybridized carbons (Fsp3) is 0.276. The molecule has 0 radical (unpaired) electrons. The van der Waals surface area contributed by atoms with E-state index in [9.17, 15) is 14.9 Å². The van der Waals surface area contributed by atoms with E-state index < -0.39 is 0 Å². The van der Waals surface area contributed by atoms with E-state index in [0.717, 1.165) is 59.1 Å². The topological polar surface area (TPSA) is 68.4 Å². The number of hydrogen-bond donors (Lipinski definition) is 0. The predicted octanol–water partition coefficient (Wildman–Crippen LogP) is 6.05. The summed E-state index contributed by atoms with van der Waals surface area (Å²) in [5.74, 6) is -0.0484. The molecule has 6 nitrogen and oxygen atoms in total. The first-order valence-corrected chi connectivity index (χ1v) is 12.1. The fourth-order valence-corrected chi connectivity index (χ4v) is 5.09.